The van der Waals surface area contributed by atoms with Crippen LogP contribution in [0.25, 0.3) is 0 Å². The number of carbonyl (C=O) groups excluding carboxylic acids is 5. The summed E-state index contributed by atoms with van der Waals surface area (Å²) in [5.74, 6) is -2.77. The van der Waals surface area contributed by atoms with Gasteiger partial charge in [0.25, 0.3) is 0 Å². The number of esters is 3. The van der Waals surface area contributed by atoms with Crippen LogP contribution in [0.4, 0.5) is 4.79 Å². The fraction of sp³-hybridized carbons (Fsp3) is 0.828. The molecule has 21 heteroatoms. The molecule has 2 aliphatic rings. The summed E-state index contributed by atoms with van der Waals surface area (Å²) < 4.78 is 60.8. The van der Waals surface area contributed by atoms with Gasteiger partial charge in [-0.1, -0.05) is 0 Å². The highest BCUT2D eigenvalue weighted by molar-refractivity contribution is 7.47. The first kappa shape index (κ1) is 43.3. The van der Waals surface area contributed by atoms with Crippen molar-refractivity contribution < 1.29 is 75.6 Å². The SMILES string of the molecule is B[C@@H]1O[C@H](COC)C(OP(=O)(O)OC)[C@@H]1CCCNC(=O)NCCCCO[C@@H]1O[C@H](COC(C)=O)[C@H](OC(C)=O)[C@H](OC(C)=O)[C@H]1NC(C)=O. The van der Waals surface area contributed by atoms with Crippen LogP contribution >= 0.6 is 7.82 Å². The number of phosphoric acid groups is 1. The Morgan fingerprint density at radius 1 is 0.820 bits per heavy atom. The number of unbranched alkanes of at least 4 members (excludes halogenated alkanes) is 1. The van der Waals surface area contributed by atoms with Gasteiger partial charge in [0.2, 0.25) is 5.91 Å². The van der Waals surface area contributed by atoms with Crippen LogP contribution in [0.5, 0.6) is 0 Å². The molecule has 0 aromatic rings. The van der Waals surface area contributed by atoms with E-state index in [0.29, 0.717) is 38.8 Å². The number of hydrogen-bond acceptors (Lipinski definition) is 15. The average molecular weight is 740 g/mol. The average Bonchev–Trinajstić information content (AvgIpc) is 3.30. The van der Waals surface area contributed by atoms with Gasteiger partial charge in [-0.2, -0.15) is 0 Å². The highest BCUT2D eigenvalue weighted by Gasteiger charge is 2.51. The molecule has 2 saturated heterocycles. The van der Waals surface area contributed by atoms with Crippen molar-refractivity contribution in [1.29, 1.82) is 0 Å². The molecular formula is C29H51BN3O16P. The molecule has 0 aromatic carbocycles. The number of phosphoric ester groups is 1. The summed E-state index contributed by atoms with van der Waals surface area (Å²) in [5, 5.41) is 8.15. The largest absolute Gasteiger partial charge is 0.472 e. The fourth-order valence-electron chi connectivity index (χ4n) is 5.70. The number of ether oxygens (including phenoxy) is 7. The van der Waals surface area contributed by atoms with E-state index in [1.165, 1.54) is 21.0 Å². The van der Waals surface area contributed by atoms with Gasteiger partial charge in [-0.25, -0.2) is 9.36 Å². The first-order chi connectivity index (χ1) is 23.6. The monoisotopic (exact) mass is 739 g/mol. The van der Waals surface area contributed by atoms with Crippen molar-refractivity contribution in [3.05, 3.63) is 0 Å². The van der Waals surface area contributed by atoms with Gasteiger partial charge in [0, 0.05) is 73.5 Å². The van der Waals surface area contributed by atoms with Crippen LogP contribution in [-0.2, 0) is 65.9 Å². The Kier molecular flexibility index (Phi) is 18.6. The maximum absolute atomic E-state index is 12.4. The van der Waals surface area contributed by atoms with E-state index in [4.69, 9.17) is 37.7 Å². The number of hydrogen-bond donors (Lipinski definition) is 4. The second-order valence-corrected chi connectivity index (χ2v) is 13.4. The van der Waals surface area contributed by atoms with Gasteiger partial charge in [0.1, 0.15) is 38.8 Å². The van der Waals surface area contributed by atoms with Crippen LogP contribution in [0.2, 0.25) is 0 Å². The quantitative estimate of drug-likeness (QED) is 0.0396. The molecule has 0 spiro atoms. The molecule has 2 unspecified atom stereocenters. The fourth-order valence-corrected chi connectivity index (χ4v) is 6.39. The van der Waals surface area contributed by atoms with Crippen LogP contribution in [0.15, 0.2) is 0 Å². The summed E-state index contributed by atoms with van der Waals surface area (Å²) >= 11 is 0. The van der Waals surface area contributed by atoms with Crippen LogP contribution in [0.3, 0.4) is 0 Å². The molecule has 286 valence electrons. The molecule has 0 bridgehead atoms. The number of urea groups is 1. The van der Waals surface area contributed by atoms with E-state index in [1.807, 2.05) is 7.85 Å². The molecule has 0 saturated carbocycles. The Labute approximate surface area is 292 Å². The summed E-state index contributed by atoms with van der Waals surface area (Å²) in [5.41, 5.74) is 0. The zero-order valence-electron chi connectivity index (χ0n) is 29.6. The molecule has 4 N–H and O–H groups in total. The third-order valence-corrected chi connectivity index (χ3v) is 8.78. The second-order valence-electron chi connectivity index (χ2n) is 11.8. The van der Waals surface area contributed by atoms with Crippen molar-refractivity contribution in [2.75, 3.05) is 47.1 Å². The molecule has 2 rings (SSSR count). The van der Waals surface area contributed by atoms with Gasteiger partial charge < -0.3 is 54.0 Å². The first-order valence-corrected chi connectivity index (χ1v) is 17.8. The molecule has 19 nitrogen and oxygen atoms in total. The third kappa shape index (κ3) is 14.8. The summed E-state index contributed by atoms with van der Waals surface area (Å²) in [6.07, 6.45) is -3.93. The molecule has 50 heavy (non-hydrogen) atoms. The lowest BCUT2D eigenvalue weighted by Gasteiger charge is -2.44. The highest BCUT2D eigenvalue weighted by atomic mass is 31.2. The van der Waals surface area contributed by atoms with Crippen molar-refractivity contribution in [3.63, 3.8) is 0 Å². The minimum absolute atomic E-state index is 0.105. The smallest absolute Gasteiger partial charge is 0.463 e. The zero-order chi connectivity index (χ0) is 37.4. The van der Waals surface area contributed by atoms with Gasteiger partial charge >= 0.3 is 31.8 Å². The van der Waals surface area contributed by atoms with Gasteiger partial charge in [-0.3, -0.25) is 28.2 Å². The maximum Gasteiger partial charge on any atom is 0.472 e. The lowest BCUT2D eigenvalue weighted by Crippen LogP contribution is -2.66. The summed E-state index contributed by atoms with van der Waals surface area (Å²) in [6.45, 7) is 5.31. The molecule has 2 aliphatic heterocycles. The van der Waals surface area contributed by atoms with Crippen molar-refractivity contribution in [3.8, 4) is 0 Å². The van der Waals surface area contributed by atoms with Crippen molar-refractivity contribution in [1.82, 2.24) is 16.0 Å². The molecular weight excluding hydrogens is 688 g/mol. The van der Waals surface area contributed by atoms with E-state index in [-0.39, 0.29) is 37.8 Å². The van der Waals surface area contributed by atoms with Crippen LogP contribution < -0.4 is 16.0 Å². The Balaban J connectivity index is 1.85. The lowest BCUT2D eigenvalue weighted by molar-refractivity contribution is -0.277. The summed E-state index contributed by atoms with van der Waals surface area (Å²) in [6, 6.07) is -1.73. The Morgan fingerprint density at radius 2 is 1.44 bits per heavy atom. The van der Waals surface area contributed by atoms with E-state index in [2.05, 4.69) is 20.5 Å². The third-order valence-electron chi connectivity index (χ3n) is 7.81. The molecule has 3 amide bonds. The predicted octanol–water partition coefficient (Wildman–Crippen LogP) is -0.729. The summed E-state index contributed by atoms with van der Waals surface area (Å²) in [7, 11) is 0.157. The van der Waals surface area contributed by atoms with E-state index in [0.717, 1.165) is 21.0 Å². The number of rotatable bonds is 20. The van der Waals surface area contributed by atoms with Gasteiger partial charge in [-0.05, 0) is 25.7 Å². The minimum atomic E-state index is -4.26. The predicted molar refractivity (Wildman–Crippen MR) is 174 cm³/mol. The normalized spacial score (nSPS) is 28.9. The zero-order valence-corrected chi connectivity index (χ0v) is 30.5. The Morgan fingerprint density at radius 3 is 2.02 bits per heavy atom. The van der Waals surface area contributed by atoms with E-state index in [9.17, 15) is 33.4 Å². The number of carbonyl (C=O) groups is 5. The molecule has 0 aromatic heterocycles. The van der Waals surface area contributed by atoms with Crippen molar-refractivity contribution in [2.45, 2.75) is 102 Å². The molecule has 2 fully saturated rings. The maximum atomic E-state index is 12.4. The van der Waals surface area contributed by atoms with Crippen LogP contribution in [0, 0.1) is 5.92 Å². The number of methoxy groups -OCH3 is 1. The summed E-state index contributed by atoms with van der Waals surface area (Å²) in [4.78, 5) is 69.6. The topological polar surface area (TPSA) is 242 Å². The van der Waals surface area contributed by atoms with Gasteiger partial charge in [-0.15, -0.1) is 0 Å². The van der Waals surface area contributed by atoms with Crippen LogP contribution in [0.1, 0.15) is 53.4 Å². The Hall–Kier alpha value is -2.84. The molecule has 10 atom stereocenters. The van der Waals surface area contributed by atoms with Gasteiger partial charge in [0.15, 0.2) is 18.5 Å². The number of amides is 3. The van der Waals surface area contributed by atoms with Gasteiger partial charge in [0.05, 0.1) is 6.61 Å². The van der Waals surface area contributed by atoms with Crippen molar-refractivity contribution >= 4 is 45.5 Å². The first-order valence-electron chi connectivity index (χ1n) is 16.3. The van der Waals surface area contributed by atoms with Crippen molar-refractivity contribution in [2.24, 2.45) is 5.92 Å². The minimum Gasteiger partial charge on any atom is -0.463 e. The lowest BCUT2D eigenvalue weighted by atomic mass is 9.82. The molecule has 0 aliphatic carbocycles. The molecule has 2 heterocycles. The number of nitrogens with one attached hydrogen (secondary N) is 3. The van der Waals surface area contributed by atoms with E-state index >= 15 is 0 Å². The van der Waals surface area contributed by atoms with Crippen LogP contribution in [-0.4, -0.2) is 139 Å². The standard InChI is InChI=1S/C29H51BN3O16P/c1-16(34)33-23-26(46-19(4)37)25(45-18(3)36)22(15-44-17(2)35)48-28(23)43-13-8-7-11-31-29(38)32-12-9-10-20-24(49-50(39,40)42-6)21(14-41-5)47-27(20)30/h20-28H,7-15,30H2,1-6H3,(H,33,34)(H,39,40)(H2,31,32,38)/t20-,21+,22+,23+,24?,25-,26+,27+,28+/m0/s1. The second kappa shape index (κ2) is 21.5. The Bertz CT molecular complexity index is 1180. The van der Waals surface area contributed by atoms with E-state index < -0.39 is 74.5 Å². The highest BCUT2D eigenvalue weighted by Crippen LogP contribution is 2.48. The molecule has 0 radical (unpaired) electrons. The van der Waals surface area contributed by atoms with E-state index in [1.54, 1.807) is 0 Å².